The van der Waals surface area contributed by atoms with Gasteiger partial charge in [0.05, 0.1) is 24.2 Å². The molecule has 9 heteroatoms. The number of hydrogen-bond donors (Lipinski definition) is 2. The molecule has 162 valence electrons. The number of carbonyl (C=O) groups is 2. The van der Waals surface area contributed by atoms with Gasteiger partial charge in [0.2, 0.25) is 0 Å². The van der Waals surface area contributed by atoms with Crippen molar-refractivity contribution >= 4 is 11.9 Å². The fraction of sp³-hybridized carbons (Fsp3) is 0.333. The average molecular weight is 427 g/mol. The molecule has 0 spiro atoms. The molecule has 0 aliphatic rings. The van der Waals surface area contributed by atoms with Gasteiger partial charge in [-0.05, 0) is 42.2 Å². The van der Waals surface area contributed by atoms with Crippen LogP contribution in [0.25, 0.3) is 0 Å². The predicted molar refractivity (Wildman–Crippen MR) is 101 cm³/mol. The summed E-state index contributed by atoms with van der Waals surface area (Å²) in [5, 5.41) is 11.7. The third-order valence-corrected chi connectivity index (χ3v) is 4.66. The Morgan fingerprint density at radius 1 is 1.17 bits per heavy atom. The van der Waals surface area contributed by atoms with E-state index < -0.39 is 35.4 Å². The number of carboxylic acids is 1. The van der Waals surface area contributed by atoms with Crippen molar-refractivity contribution in [2.24, 2.45) is 5.92 Å². The van der Waals surface area contributed by atoms with Gasteiger partial charge in [0.25, 0.3) is 5.91 Å². The molecule has 0 aliphatic carbocycles. The van der Waals surface area contributed by atoms with Crippen LogP contribution < -0.4 is 10.1 Å². The molecule has 0 aromatic heterocycles. The molecule has 0 radical (unpaired) electrons. The van der Waals surface area contributed by atoms with Gasteiger partial charge < -0.3 is 15.2 Å². The number of carboxylic acid groups (broad SMARTS) is 1. The van der Waals surface area contributed by atoms with Crippen molar-refractivity contribution in [3.8, 4) is 5.75 Å². The number of halogens is 4. The highest BCUT2D eigenvalue weighted by Gasteiger charge is 2.30. The van der Waals surface area contributed by atoms with E-state index in [4.69, 9.17) is 4.74 Å². The van der Waals surface area contributed by atoms with Crippen LogP contribution in [0.5, 0.6) is 5.75 Å². The molecular formula is C21H21F4NO4. The van der Waals surface area contributed by atoms with E-state index >= 15 is 0 Å². The molecule has 2 N–H and O–H groups in total. The fourth-order valence-electron chi connectivity index (χ4n) is 2.86. The van der Waals surface area contributed by atoms with E-state index in [1.807, 2.05) is 0 Å². The van der Waals surface area contributed by atoms with E-state index in [1.165, 1.54) is 25.3 Å². The number of hydrogen-bond acceptors (Lipinski definition) is 3. The Kier molecular flexibility index (Phi) is 7.42. The standard InChI is InChI=1S/C21H21F4NO4/c1-3-13(20(28)29)8-14-9-16(18(30-2)10-17(14)22)19(27)26-11-12-4-6-15(7-5-12)21(23,24)25/h4-7,9-10,13H,3,8,11H2,1-2H3,(H,26,27)(H,28,29)/t13-/m0/s1. The van der Waals surface area contributed by atoms with E-state index in [0.29, 0.717) is 5.56 Å². The number of amides is 1. The lowest BCUT2D eigenvalue weighted by molar-refractivity contribution is -0.142. The van der Waals surface area contributed by atoms with Crippen LogP contribution in [-0.4, -0.2) is 24.1 Å². The zero-order valence-electron chi connectivity index (χ0n) is 16.3. The summed E-state index contributed by atoms with van der Waals surface area (Å²) in [7, 11) is 1.26. The first kappa shape index (κ1) is 23.2. The molecule has 0 heterocycles. The minimum atomic E-state index is -4.45. The van der Waals surface area contributed by atoms with Crippen LogP contribution in [0.1, 0.15) is 40.4 Å². The van der Waals surface area contributed by atoms with Gasteiger partial charge in [-0.1, -0.05) is 19.1 Å². The first-order chi connectivity index (χ1) is 14.1. The highest BCUT2D eigenvalue weighted by molar-refractivity contribution is 5.97. The van der Waals surface area contributed by atoms with E-state index in [-0.39, 0.29) is 36.3 Å². The summed E-state index contributed by atoms with van der Waals surface area (Å²) in [6.45, 7) is 1.61. The Morgan fingerprint density at radius 3 is 2.30 bits per heavy atom. The normalized spacial score (nSPS) is 12.3. The predicted octanol–water partition coefficient (Wildman–Crippen LogP) is 4.44. The Morgan fingerprint density at radius 2 is 1.80 bits per heavy atom. The summed E-state index contributed by atoms with van der Waals surface area (Å²) >= 11 is 0. The number of rotatable bonds is 8. The fourth-order valence-corrected chi connectivity index (χ4v) is 2.86. The van der Waals surface area contributed by atoms with Crippen molar-refractivity contribution in [1.29, 1.82) is 0 Å². The molecule has 2 aromatic carbocycles. The molecule has 0 aliphatic heterocycles. The summed E-state index contributed by atoms with van der Waals surface area (Å²) in [5.74, 6) is -3.23. The molecule has 1 amide bonds. The lowest BCUT2D eigenvalue weighted by Gasteiger charge is -2.15. The summed E-state index contributed by atoms with van der Waals surface area (Å²) in [6.07, 6.45) is -4.26. The number of nitrogens with one attached hydrogen (secondary N) is 1. The highest BCUT2D eigenvalue weighted by atomic mass is 19.4. The molecule has 0 unspecified atom stereocenters. The van der Waals surface area contributed by atoms with Gasteiger partial charge in [0, 0.05) is 12.6 Å². The number of ether oxygens (including phenoxy) is 1. The smallest absolute Gasteiger partial charge is 0.416 e. The summed E-state index contributed by atoms with van der Waals surface area (Å²) in [5.41, 5.74) is -0.299. The lowest BCUT2D eigenvalue weighted by Crippen LogP contribution is -2.24. The quantitative estimate of drug-likeness (QED) is 0.611. The van der Waals surface area contributed by atoms with E-state index in [1.54, 1.807) is 6.92 Å². The van der Waals surface area contributed by atoms with Gasteiger partial charge in [-0.25, -0.2) is 4.39 Å². The Balaban J connectivity index is 2.19. The molecular weight excluding hydrogens is 406 g/mol. The molecule has 5 nitrogen and oxygen atoms in total. The number of aliphatic carboxylic acids is 1. The average Bonchev–Trinajstić information content (AvgIpc) is 2.70. The van der Waals surface area contributed by atoms with Gasteiger partial charge in [-0.15, -0.1) is 0 Å². The maximum absolute atomic E-state index is 14.3. The Hall–Kier alpha value is -3.10. The molecule has 0 fully saturated rings. The third-order valence-electron chi connectivity index (χ3n) is 4.66. The van der Waals surface area contributed by atoms with Crippen LogP contribution in [0.4, 0.5) is 17.6 Å². The number of carbonyl (C=O) groups excluding carboxylic acids is 1. The maximum atomic E-state index is 14.3. The second kappa shape index (κ2) is 9.60. The zero-order chi connectivity index (χ0) is 22.5. The Bertz CT molecular complexity index is 910. The Labute approximate surface area is 170 Å². The van der Waals surface area contributed by atoms with E-state index in [0.717, 1.165) is 18.2 Å². The third kappa shape index (κ3) is 5.71. The van der Waals surface area contributed by atoms with Crippen molar-refractivity contribution in [1.82, 2.24) is 5.32 Å². The second-order valence-electron chi connectivity index (χ2n) is 6.67. The van der Waals surface area contributed by atoms with Crippen molar-refractivity contribution in [2.45, 2.75) is 32.5 Å². The monoisotopic (exact) mass is 427 g/mol. The maximum Gasteiger partial charge on any atom is 0.416 e. The molecule has 0 saturated heterocycles. The largest absolute Gasteiger partial charge is 0.496 e. The van der Waals surface area contributed by atoms with Crippen LogP contribution in [-0.2, 0) is 23.9 Å². The van der Waals surface area contributed by atoms with Crippen molar-refractivity contribution in [2.75, 3.05) is 7.11 Å². The van der Waals surface area contributed by atoms with Crippen molar-refractivity contribution in [3.63, 3.8) is 0 Å². The number of methoxy groups -OCH3 is 1. The number of alkyl halides is 3. The molecule has 0 bridgehead atoms. The van der Waals surface area contributed by atoms with Crippen LogP contribution >= 0.6 is 0 Å². The van der Waals surface area contributed by atoms with Crippen LogP contribution in [0.3, 0.4) is 0 Å². The summed E-state index contributed by atoms with van der Waals surface area (Å²) in [6, 6.07) is 6.56. The highest BCUT2D eigenvalue weighted by Crippen LogP contribution is 2.29. The molecule has 0 saturated carbocycles. The summed E-state index contributed by atoms with van der Waals surface area (Å²) < 4.78 is 57.2. The van der Waals surface area contributed by atoms with E-state index in [2.05, 4.69) is 5.32 Å². The van der Waals surface area contributed by atoms with Gasteiger partial charge in [0.1, 0.15) is 11.6 Å². The topological polar surface area (TPSA) is 75.6 Å². The van der Waals surface area contributed by atoms with Gasteiger partial charge in [-0.3, -0.25) is 9.59 Å². The first-order valence-electron chi connectivity index (χ1n) is 9.10. The van der Waals surface area contributed by atoms with Crippen LogP contribution in [0, 0.1) is 11.7 Å². The van der Waals surface area contributed by atoms with Gasteiger partial charge in [-0.2, -0.15) is 13.2 Å². The molecule has 2 rings (SSSR count). The van der Waals surface area contributed by atoms with Gasteiger partial charge >= 0.3 is 12.1 Å². The van der Waals surface area contributed by atoms with Crippen molar-refractivity contribution < 1.29 is 37.0 Å². The second-order valence-corrected chi connectivity index (χ2v) is 6.67. The minimum Gasteiger partial charge on any atom is -0.496 e. The molecule has 2 aromatic rings. The van der Waals surface area contributed by atoms with Crippen LogP contribution in [0.2, 0.25) is 0 Å². The van der Waals surface area contributed by atoms with Crippen molar-refractivity contribution in [3.05, 3.63) is 64.5 Å². The van der Waals surface area contributed by atoms with Gasteiger partial charge in [0.15, 0.2) is 0 Å². The van der Waals surface area contributed by atoms with E-state index in [9.17, 15) is 32.3 Å². The minimum absolute atomic E-state index is 0.000975. The zero-order valence-corrected chi connectivity index (χ0v) is 16.3. The molecule has 30 heavy (non-hydrogen) atoms. The summed E-state index contributed by atoms with van der Waals surface area (Å²) in [4.78, 5) is 23.8. The molecule has 1 atom stereocenters. The first-order valence-corrected chi connectivity index (χ1v) is 9.10. The van der Waals surface area contributed by atoms with Crippen LogP contribution in [0.15, 0.2) is 36.4 Å². The number of benzene rings is 2. The lowest BCUT2D eigenvalue weighted by atomic mass is 9.95. The SMILES string of the molecule is CC[C@@H](Cc1cc(C(=O)NCc2ccc(C(F)(F)F)cc2)c(OC)cc1F)C(=O)O.